The van der Waals surface area contributed by atoms with Crippen LogP contribution >= 0.6 is 11.6 Å². The predicted octanol–water partition coefficient (Wildman–Crippen LogP) is 1.43. The lowest BCUT2D eigenvalue weighted by Gasteiger charge is -2.49. The largest absolute Gasteiger partial charge is 0.392 e. The molecule has 114 valence electrons. The first-order chi connectivity index (χ1) is 9.73. The number of sulfonamides is 1. The Hall–Kier alpha value is -1.15. The molecule has 6 nitrogen and oxygen atoms in total. The predicted molar refractivity (Wildman–Crippen MR) is 78.7 cm³/mol. The topological polar surface area (TPSA) is 83.7 Å². The number of nitrogens with zero attached hydrogens (tertiary/aromatic N) is 2. The molecular weight excluding hydrogens is 314 g/mol. The van der Waals surface area contributed by atoms with Gasteiger partial charge in [0.1, 0.15) is 5.65 Å². The first-order valence-electron chi connectivity index (χ1n) is 6.56. The SMILES string of the molecule is CC1(C)C(O)CC1NS(=O)(=O)c1c(Cl)nc2ccccn12. The van der Waals surface area contributed by atoms with Crippen molar-refractivity contribution in [3.63, 3.8) is 0 Å². The lowest BCUT2D eigenvalue weighted by molar-refractivity contribution is -0.0645. The number of rotatable bonds is 3. The minimum absolute atomic E-state index is 0.0635. The summed E-state index contributed by atoms with van der Waals surface area (Å²) in [6.07, 6.45) is 1.48. The molecule has 8 heteroatoms. The van der Waals surface area contributed by atoms with E-state index in [1.54, 1.807) is 24.4 Å². The van der Waals surface area contributed by atoms with Crippen molar-refractivity contribution < 1.29 is 13.5 Å². The van der Waals surface area contributed by atoms with Crippen molar-refractivity contribution in [3.8, 4) is 0 Å². The molecule has 0 aliphatic heterocycles. The fourth-order valence-electron chi connectivity index (χ4n) is 2.53. The highest BCUT2D eigenvalue weighted by Gasteiger charge is 2.49. The normalized spacial score (nSPS) is 25.0. The quantitative estimate of drug-likeness (QED) is 0.892. The Kier molecular flexibility index (Phi) is 3.29. The molecule has 2 N–H and O–H groups in total. The lowest BCUT2D eigenvalue weighted by Crippen LogP contribution is -2.61. The second-order valence-electron chi connectivity index (χ2n) is 5.88. The van der Waals surface area contributed by atoms with E-state index in [1.807, 2.05) is 13.8 Å². The first-order valence-corrected chi connectivity index (χ1v) is 8.42. The van der Waals surface area contributed by atoms with Crippen LogP contribution in [-0.2, 0) is 10.0 Å². The zero-order valence-electron chi connectivity index (χ0n) is 11.6. The van der Waals surface area contributed by atoms with E-state index in [-0.39, 0.29) is 16.2 Å². The van der Waals surface area contributed by atoms with Crippen LogP contribution in [0.25, 0.3) is 5.65 Å². The van der Waals surface area contributed by atoms with Crippen LogP contribution in [0.3, 0.4) is 0 Å². The second kappa shape index (κ2) is 4.67. The van der Waals surface area contributed by atoms with Crippen LogP contribution in [0, 0.1) is 5.41 Å². The van der Waals surface area contributed by atoms with E-state index >= 15 is 0 Å². The van der Waals surface area contributed by atoms with Crippen molar-refractivity contribution in [2.24, 2.45) is 5.41 Å². The molecule has 1 fully saturated rings. The zero-order valence-corrected chi connectivity index (χ0v) is 13.2. The minimum atomic E-state index is -3.82. The van der Waals surface area contributed by atoms with Crippen LogP contribution in [-0.4, -0.2) is 35.1 Å². The van der Waals surface area contributed by atoms with E-state index in [0.717, 1.165) is 0 Å². The van der Waals surface area contributed by atoms with Crippen molar-refractivity contribution in [2.45, 2.75) is 37.4 Å². The Labute approximate surface area is 127 Å². The van der Waals surface area contributed by atoms with Gasteiger partial charge in [0.25, 0.3) is 10.0 Å². The molecule has 0 bridgehead atoms. The molecule has 2 aromatic heterocycles. The molecule has 2 unspecified atom stereocenters. The summed E-state index contributed by atoms with van der Waals surface area (Å²) >= 11 is 6.00. The number of aliphatic hydroxyl groups is 1. The highest BCUT2D eigenvalue weighted by Crippen LogP contribution is 2.41. The summed E-state index contributed by atoms with van der Waals surface area (Å²) < 4.78 is 29.2. The maximum absolute atomic E-state index is 12.6. The molecule has 2 aromatic rings. The molecule has 21 heavy (non-hydrogen) atoms. The number of fused-ring (bicyclic) bond motifs is 1. The Balaban J connectivity index is 2.00. The monoisotopic (exact) mass is 329 g/mol. The van der Waals surface area contributed by atoms with Gasteiger partial charge in [-0.2, -0.15) is 0 Å². The Morgan fingerprint density at radius 1 is 1.48 bits per heavy atom. The van der Waals surface area contributed by atoms with Crippen molar-refractivity contribution in [3.05, 3.63) is 29.5 Å². The van der Waals surface area contributed by atoms with Crippen LogP contribution in [0.5, 0.6) is 0 Å². The van der Waals surface area contributed by atoms with E-state index in [1.165, 1.54) is 4.40 Å². The summed E-state index contributed by atoms with van der Waals surface area (Å²) in [7, 11) is -3.82. The van der Waals surface area contributed by atoms with Gasteiger partial charge in [0.2, 0.25) is 0 Å². The van der Waals surface area contributed by atoms with Gasteiger partial charge in [-0.15, -0.1) is 0 Å². The highest BCUT2D eigenvalue weighted by atomic mass is 35.5. The summed E-state index contributed by atoms with van der Waals surface area (Å²) in [5.74, 6) is 0. The van der Waals surface area contributed by atoms with E-state index in [4.69, 9.17) is 11.6 Å². The van der Waals surface area contributed by atoms with Crippen LogP contribution in [0.15, 0.2) is 29.4 Å². The van der Waals surface area contributed by atoms with E-state index in [0.29, 0.717) is 12.1 Å². The molecule has 0 spiro atoms. The molecule has 1 aliphatic carbocycles. The smallest absolute Gasteiger partial charge is 0.260 e. The number of imidazole rings is 1. The highest BCUT2D eigenvalue weighted by molar-refractivity contribution is 7.89. The molecule has 0 radical (unpaired) electrons. The molecule has 2 atom stereocenters. The summed E-state index contributed by atoms with van der Waals surface area (Å²) in [5.41, 5.74) is -0.0316. The average Bonchev–Trinajstić information content (AvgIpc) is 2.74. The lowest BCUT2D eigenvalue weighted by atomic mass is 9.65. The van der Waals surface area contributed by atoms with Gasteiger partial charge in [-0.25, -0.2) is 18.1 Å². The summed E-state index contributed by atoms with van der Waals surface area (Å²) in [4.78, 5) is 4.04. The summed E-state index contributed by atoms with van der Waals surface area (Å²) in [6.45, 7) is 3.65. The molecule has 3 rings (SSSR count). The Bertz CT molecular complexity index is 800. The second-order valence-corrected chi connectivity index (χ2v) is 7.87. The van der Waals surface area contributed by atoms with Crippen LogP contribution in [0.2, 0.25) is 5.15 Å². The number of aliphatic hydroxyl groups excluding tert-OH is 1. The van der Waals surface area contributed by atoms with Crippen LogP contribution in [0.4, 0.5) is 0 Å². The zero-order chi connectivity index (χ0) is 15.4. The Morgan fingerprint density at radius 3 is 2.81 bits per heavy atom. The van der Waals surface area contributed by atoms with Gasteiger partial charge in [-0.05, 0) is 18.6 Å². The summed E-state index contributed by atoms with van der Waals surface area (Å²) in [5, 5.41) is 9.59. The number of halogens is 1. The molecule has 0 amide bonds. The molecule has 1 saturated carbocycles. The molecule has 2 heterocycles. The fourth-order valence-corrected chi connectivity index (χ4v) is 4.58. The van der Waals surface area contributed by atoms with Gasteiger partial charge in [0.15, 0.2) is 10.2 Å². The maximum atomic E-state index is 12.6. The number of hydrogen-bond acceptors (Lipinski definition) is 4. The Morgan fingerprint density at radius 2 is 2.19 bits per heavy atom. The van der Waals surface area contributed by atoms with Crippen molar-refractivity contribution in [2.75, 3.05) is 0 Å². The van der Waals surface area contributed by atoms with E-state index < -0.39 is 21.5 Å². The van der Waals surface area contributed by atoms with Gasteiger partial charge in [-0.3, -0.25) is 4.40 Å². The summed E-state index contributed by atoms with van der Waals surface area (Å²) in [6, 6.07) is 4.82. The standard InChI is InChI=1S/C13H16ClN3O3S/c1-13(2)8(7-9(13)18)16-21(19,20)12-11(14)15-10-5-3-4-6-17(10)12/h3-6,8-9,16,18H,7H2,1-2H3. The van der Waals surface area contributed by atoms with E-state index in [2.05, 4.69) is 9.71 Å². The molecule has 0 saturated heterocycles. The number of pyridine rings is 1. The van der Waals surface area contributed by atoms with Crippen molar-refractivity contribution in [1.82, 2.24) is 14.1 Å². The average molecular weight is 330 g/mol. The van der Waals surface area contributed by atoms with Crippen LogP contribution < -0.4 is 4.72 Å². The van der Waals surface area contributed by atoms with Gasteiger partial charge < -0.3 is 5.11 Å². The van der Waals surface area contributed by atoms with Crippen LogP contribution in [0.1, 0.15) is 20.3 Å². The molecule has 1 aliphatic rings. The van der Waals surface area contributed by atoms with Gasteiger partial charge in [0.05, 0.1) is 6.10 Å². The third-order valence-electron chi connectivity index (χ3n) is 4.21. The third kappa shape index (κ3) is 2.24. The van der Waals surface area contributed by atoms with Crippen molar-refractivity contribution >= 4 is 27.3 Å². The third-order valence-corrected chi connectivity index (χ3v) is 6.08. The minimum Gasteiger partial charge on any atom is -0.392 e. The molecular formula is C13H16ClN3O3S. The van der Waals surface area contributed by atoms with Crippen molar-refractivity contribution in [1.29, 1.82) is 0 Å². The number of hydrogen-bond donors (Lipinski definition) is 2. The first kappa shape index (κ1) is 14.8. The maximum Gasteiger partial charge on any atom is 0.260 e. The van der Waals surface area contributed by atoms with Gasteiger partial charge in [0, 0.05) is 17.7 Å². The fraction of sp³-hybridized carbons (Fsp3) is 0.462. The number of aromatic nitrogens is 2. The number of nitrogens with one attached hydrogen (secondary N) is 1. The molecule has 0 aromatic carbocycles. The van der Waals surface area contributed by atoms with Gasteiger partial charge in [-0.1, -0.05) is 31.5 Å². The van der Waals surface area contributed by atoms with E-state index in [9.17, 15) is 13.5 Å². The van der Waals surface area contributed by atoms with Gasteiger partial charge >= 0.3 is 0 Å².